The van der Waals surface area contributed by atoms with Gasteiger partial charge in [-0.15, -0.1) is 0 Å². The van der Waals surface area contributed by atoms with E-state index < -0.39 is 17.7 Å². The monoisotopic (exact) mass is 238 g/mol. The molecule has 0 spiro atoms. The van der Waals surface area contributed by atoms with Crippen LogP contribution >= 0.6 is 0 Å². The summed E-state index contributed by atoms with van der Waals surface area (Å²) in [7, 11) is 0. The van der Waals surface area contributed by atoms with Gasteiger partial charge in [0.05, 0.1) is 11.7 Å². The minimum atomic E-state index is -0.984. The van der Waals surface area contributed by atoms with Crippen molar-refractivity contribution in [1.82, 2.24) is 0 Å². The molecule has 2 saturated carbocycles. The Bertz CT molecular complexity index is 448. The first-order valence-corrected chi connectivity index (χ1v) is 6.20. The number of aryl methyl sites for hydroxylation is 1. The van der Waals surface area contributed by atoms with Crippen molar-refractivity contribution in [2.24, 2.45) is 17.8 Å². The van der Waals surface area contributed by atoms with E-state index in [9.17, 15) is 13.9 Å². The van der Waals surface area contributed by atoms with Crippen LogP contribution in [0.15, 0.2) is 12.1 Å². The minimum Gasteiger partial charge on any atom is -0.388 e. The van der Waals surface area contributed by atoms with Crippen molar-refractivity contribution in [1.29, 1.82) is 0 Å². The lowest BCUT2D eigenvalue weighted by molar-refractivity contribution is 0.0966. The van der Waals surface area contributed by atoms with Gasteiger partial charge in [0.1, 0.15) is 11.6 Å². The van der Waals surface area contributed by atoms with Crippen molar-refractivity contribution >= 4 is 0 Å². The third-order valence-electron chi connectivity index (χ3n) is 4.34. The Morgan fingerprint density at radius 2 is 1.82 bits per heavy atom. The largest absolute Gasteiger partial charge is 0.388 e. The number of rotatable bonds is 2. The van der Waals surface area contributed by atoms with E-state index in [2.05, 4.69) is 0 Å². The third-order valence-corrected chi connectivity index (χ3v) is 4.34. The second-order valence-electron chi connectivity index (χ2n) is 5.52. The van der Waals surface area contributed by atoms with E-state index in [1.807, 2.05) is 0 Å². The van der Waals surface area contributed by atoms with Crippen LogP contribution < -0.4 is 0 Å². The Morgan fingerprint density at radius 1 is 1.18 bits per heavy atom. The Balaban J connectivity index is 1.90. The number of hydrogen-bond acceptors (Lipinski definition) is 1. The molecule has 3 heteroatoms. The van der Waals surface area contributed by atoms with E-state index in [-0.39, 0.29) is 11.5 Å². The predicted octanol–water partition coefficient (Wildman–Crippen LogP) is 3.35. The van der Waals surface area contributed by atoms with Crippen molar-refractivity contribution in [2.45, 2.75) is 32.3 Å². The Labute approximate surface area is 99.5 Å². The number of aliphatic hydroxyl groups excluding tert-OH is 1. The summed E-state index contributed by atoms with van der Waals surface area (Å²) in [5.41, 5.74) is 0.264. The molecular formula is C14H16F2O. The summed E-state index contributed by atoms with van der Waals surface area (Å²) < 4.78 is 27.5. The molecule has 0 amide bonds. The third kappa shape index (κ3) is 1.77. The fourth-order valence-electron chi connectivity index (χ4n) is 3.20. The molecule has 92 valence electrons. The molecule has 2 fully saturated rings. The van der Waals surface area contributed by atoms with Gasteiger partial charge in [-0.05, 0) is 55.6 Å². The van der Waals surface area contributed by atoms with Crippen molar-refractivity contribution in [3.63, 3.8) is 0 Å². The number of aliphatic hydroxyl groups is 1. The fraction of sp³-hybridized carbons (Fsp3) is 0.571. The van der Waals surface area contributed by atoms with Crippen molar-refractivity contribution in [2.75, 3.05) is 0 Å². The molecule has 0 aromatic heterocycles. The van der Waals surface area contributed by atoms with E-state index in [1.54, 1.807) is 6.92 Å². The number of hydrogen-bond donors (Lipinski definition) is 1. The summed E-state index contributed by atoms with van der Waals surface area (Å²) in [4.78, 5) is 0. The SMILES string of the molecule is Cc1ccc(F)c(C(O)C2CC3CC3C2)c1F. The molecule has 17 heavy (non-hydrogen) atoms. The summed E-state index contributed by atoms with van der Waals surface area (Å²) in [5, 5.41) is 10.2. The highest BCUT2D eigenvalue weighted by Gasteiger charge is 2.48. The molecule has 3 atom stereocenters. The molecule has 0 radical (unpaired) electrons. The highest BCUT2D eigenvalue weighted by Crippen LogP contribution is 2.57. The smallest absolute Gasteiger partial charge is 0.134 e. The highest BCUT2D eigenvalue weighted by atomic mass is 19.1. The number of fused-ring (bicyclic) bond motifs is 1. The van der Waals surface area contributed by atoms with Gasteiger partial charge in [-0.2, -0.15) is 0 Å². The van der Waals surface area contributed by atoms with Crippen molar-refractivity contribution in [3.05, 3.63) is 34.9 Å². The second kappa shape index (κ2) is 3.77. The molecule has 2 aliphatic carbocycles. The van der Waals surface area contributed by atoms with Crippen LogP contribution in [-0.2, 0) is 0 Å². The first-order valence-electron chi connectivity index (χ1n) is 6.20. The van der Waals surface area contributed by atoms with Gasteiger partial charge in [-0.25, -0.2) is 8.78 Å². The van der Waals surface area contributed by atoms with Crippen LogP contribution in [0.25, 0.3) is 0 Å². The van der Waals surface area contributed by atoms with E-state index in [0.717, 1.165) is 12.8 Å². The molecule has 3 unspecified atom stereocenters. The molecule has 1 aromatic rings. The molecule has 2 aliphatic rings. The van der Waals surface area contributed by atoms with E-state index >= 15 is 0 Å². The number of halogens is 2. The topological polar surface area (TPSA) is 20.2 Å². The zero-order valence-electron chi connectivity index (χ0n) is 9.79. The molecular weight excluding hydrogens is 222 g/mol. The van der Waals surface area contributed by atoms with Crippen LogP contribution in [0.3, 0.4) is 0 Å². The molecule has 1 aromatic carbocycles. The lowest BCUT2D eigenvalue weighted by Crippen LogP contribution is -2.15. The van der Waals surface area contributed by atoms with Gasteiger partial charge in [0.2, 0.25) is 0 Å². The van der Waals surface area contributed by atoms with Gasteiger partial charge in [0.15, 0.2) is 0 Å². The van der Waals surface area contributed by atoms with Crippen LogP contribution in [-0.4, -0.2) is 5.11 Å². The summed E-state index contributed by atoms with van der Waals surface area (Å²) in [6.45, 7) is 1.59. The first-order chi connectivity index (χ1) is 8.08. The maximum absolute atomic E-state index is 13.9. The van der Waals surface area contributed by atoms with E-state index in [0.29, 0.717) is 17.4 Å². The maximum Gasteiger partial charge on any atom is 0.134 e. The van der Waals surface area contributed by atoms with E-state index in [1.165, 1.54) is 18.6 Å². The van der Waals surface area contributed by atoms with Crippen LogP contribution in [0.1, 0.15) is 36.5 Å². The van der Waals surface area contributed by atoms with Gasteiger partial charge in [-0.3, -0.25) is 0 Å². The standard InChI is InChI=1S/C14H16F2O/c1-7-2-3-11(15)12(13(7)16)14(17)10-5-8-4-9(8)6-10/h2-3,8-10,14,17H,4-6H2,1H3. The second-order valence-corrected chi connectivity index (χ2v) is 5.52. The van der Waals surface area contributed by atoms with Crippen LogP contribution in [0, 0.1) is 36.3 Å². The lowest BCUT2D eigenvalue weighted by atomic mass is 9.90. The quantitative estimate of drug-likeness (QED) is 0.837. The Hall–Kier alpha value is -0.960. The average Bonchev–Trinajstić information content (AvgIpc) is 2.91. The molecule has 3 rings (SSSR count). The Morgan fingerprint density at radius 3 is 2.47 bits per heavy atom. The van der Waals surface area contributed by atoms with Gasteiger partial charge in [0.25, 0.3) is 0 Å². The zero-order valence-corrected chi connectivity index (χ0v) is 9.79. The van der Waals surface area contributed by atoms with Crippen LogP contribution in [0.2, 0.25) is 0 Å². The van der Waals surface area contributed by atoms with Gasteiger partial charge in [-0.1, -0.05) is 6.07 Å². The minimum absolute atomic E-state index is 0.0320. The molecule has 0 bridgehead atoms. The summed E-state index contributed by atoms with van der Waals surface area (Å²) >= 11 is 0. The van der Waals surface area contributed by atoms with Crippen LogP contribution in [0.5, 0.6) is 0 Å². The first kappa shape index (κ1) is 11.1. The van der Waals surface area contributed by atoms with Gasteiger partial charge in [0, 0.05) is 0 Å². The fourth-order valence-corrected chi connectivity index (χ4v) is 3.20. The molecule has 0 heterocycles. The zero-order chi connectivity index (χ0) is 12.2. The predicted molar refractivity (Wildman–Crippen MR) is 60.4 cm³/mol. The van der Waals surface area contributed by atoms with Gasteiger partial charge >= 0.3 is 0 Å². The normalized spacial score (nSPS) is 32.4. The van der Waals surface area contributed by atoms with Crippen LogP contribution in [0.4, 0.5) is 8.78 Å². The summed E-state index contributed by atoms with van der Waals surface area (Å²) in [5.74, 6) is 0.222. The van der Waals surface area contributed by atoms with E-state index in [4.69, 9.17) is 0 Å². The van der Waals surface area contributed by atoms with Crippen molar-refractivity contribution in [3.8, 4) is 0 Å². The highest BCUT2D eigenvalue weighted by molar-refractivity contribution is 5.29. The van der Waals surface area contributed by atoms with Gasteiger partial charge < -0.3 is 5.11 Å². The summed E-state index contributed by atoms with van der Waals surface area (Å²) in [6.07, 6.45) is 2.09. The summed E-state index contributed by atoms with van der Waals surface area (Å²) in [6, 6.07) is 2.65. The molecule has 0 aliphatic heterocycles. The molecule has 1 nitrogen and oxygen atoms in total. The Kier molecular flexibility index (Phi) is 2.47. The number of benzene rings is 1. The lowest BCUT2D eigenvalue weighted by Gasteiger charge is -2.21. The molecule has 1 N–H and O–H groups in total. The average molecular weight is 238 g/mol. The molecule has 0 saturated heterocycles. The maximum atomic E-state index is 13.9. The van der Waals surface area contributed by atoms with Crippen molar-refractivity contribution < 1.29 is 13.9 Å².